The Morgan fingerprint density at radius 1 is 1.47 bits per heavy atom. The van der Waals surface area contributed by atoms with Crippen LogP contribution in [0.15, 0.2) is 0 Å². The van der Waals surface area contributed by atoms with Crippen molar-refractivity contribution in [1.82, 2.24) is 5.43 Å². The van der Waals surface area contributed by atoms with E-state index < -0.39 is 6.10 Å². The second-order valence-corrected chi connectivity index (χ2v) is 3.86. The molecule has 0 bridgehead atoms. The molecule has 0 radical (unpaired) electrons. The van der Waals surface area contributed by atoms with Crippen LogP contribution in [0.4, 0.5) is 0 Å². The van der Waals surface area contributed by atoms with Gasteiger partial charge in [-0.3, -0.25) is 10.2 Å². The summed E-state index contributed by atoms with van der Waals surface area (Å²) in [7, 11) is 1.52. The molecule has 1 unspecified atom stereocenters. The third-order valence-corrected chi connectivity index (χ3v) is 2.00. The van der Waals surface area contributed by atoms with E-state index in [1.54, 1.807) is 0 Å². The van der Waals surface area contributed by atoms with Crippen LogP contribution in [-0.4, -0.2) is 32.3 Å². The van der Waals surface area contributed by atoms with E-state index in [9.17, 15) is 4.79 Å². The molecule has 0 saturated carbocycles. The first-order chi connectivity index (χ1) is 7.11. The molecule has 5 nitrogen and oxygen atoms in total. The summed E-state index contributed by atoms with van der Waals surface area (Å²) in [6.07, 6.45) is 1.42. The van der Waals surface area contributed by atoms with Crippen LogP contribution in [0.5, 0.6) is 0 Å². The van der Waals surface area contributed by atoms with Gasteiger partial charge in [0.05, 0.1) is 6.61 Å². The Morgan fingerprint density at radius 3 is 2.60 bits per heavy atom. The lowest BCUT2D eigenvalue weighted by Gasteiger charge is -2.15. The highest BCUT2D eigenvalue weighted by Gasteiger charge is 2.17. The maximum Gasteiger partial charge on any atom is 0.265 e. The van der Waals surface area contributed by atoms with Crippen molar-refractivity contribution in [2.45, 2.75) is 32.8 Å². The van der Waals surface area contributed by atoms with Crippen molar-refractivity contribution in [1.29, 1.82) is 0 Å². The average Bonchev–Trinajstić information content (AvgIpc) is 2.21. The summed E-state index contributed by atoms with van der Waals surface area (Å²) < 4.78 is 10.2. The monoisotopic (exact) mass is 218 g/mol. The number of hydrogen-bond donors (Lipinski definition) is 2. The van der Waals surface area contributed by atoms with Crippen LogP contribution >= 0.6 is 0 Å². The van der Waals surface area contributed by atoms with E-state index in [4.69, 9.17) is 15.3 Å². The molecule has 90 valence electrons. The average molecular weight is 218 g/mol. The van der Waals surface area contributed by atoms with E-state index in [2.05, 4.69) is 19.3 Å². The van der Waals surface area contributed by atoms with Gasteiger partial charge >= 0.3 is 0 Å². The molecule has 0 aliphatic rings. The summed E-state index contributed by atoms with van der Waals surface area (Å²) in [5, 5.41) is 0. The van der Waals surface area contributed by atoms with Crippen LogP contribution in [0.25, 0.3) is 0 Å². The van der Waals surface area contributed by atoms with Crippen LogP contribution in [0.2, 0.25) is 0 Å². The number of hydrogen-bond acceptors (Lipinski definition) is 4. The number of rotatable bonds is 8. The fraction of sp³-hybridized carbons (Fsp3) is 0.900. The summed E-state index contributed by atoms with van der Waals surface area (Å²) in [6, 6.07) is 0. The van der Waals surface area contributed by atoms with Gasteiger partial charge in [0, 0.05) is 13.7 Å². The van der Waals surface area contributed by atoms with E-state index in [1.165, 1.54) is 7.11 Å². The summed E-state index contributed by atoms with van der Waals surface area (Å²) in [6.45, 7) is 5.09. The van der Waals surface area contributed by atoms with Gasteiger partial charge in [0.1, 0.15) is 0 Å². The molecule has 0 rings (SSSR count). The van der Waals surface area contributed by atoms with Crippen LogP contribution in [0.1, 0.15) is 26.7 Å². The van der Waals surface area contributed by atoms with Crippen molar-refractivity contribution in [3.8, 4) is 0 Å². The zero-order valence-corrected chi connectivity index (χ0v) is 9.79. The first-order valence-corrected chi connectivity index (χ1v) is 5.22. The zero-order chi connectivity index (χ0) is 11.7. The smallest absolute Gasteiger partial charge is 0.265 e. The molecular weight excluding hydrogens is 196 g/mol. The van der Waals surface area contributed by atoms with Crippen molar-refractivity contribution >= 4 is 5.91 Å². The molecule has 0 heterocycles. The van der Waals surface area contributed by atoms with E-state index in [0.717, 1.165) is 12.8 Å². The molecule has 0 aromatic carbocycles. The fourth-order valence-electron chi connectivity index (χ4n) is 1.16. The lowest BCUT2D eigenvalue weighted by Crippen LogP contribution is -2.43. The molecule has 0 aromatic rings. The molecule has 0 spiro atoms. The summed E-state index contributed by atoms with van der Waals surface area (Å²) in [5.41, 5.74) is 2.06. The van der Waals surface area contributed by atoms with E-state index >= 15 is 0 Å². The van der Waals surface area contributed by atoms with Crippen LogP contribution in [0.3, 0.4) is 0 Å². The van der Waals surface area contributed by atoms with Gasteiger partial charge in [-0.05, 0) is 18.8 Å². The lowest BCUT2D eigenvalue weighted by molar-refractivity contribution is -0.136. The van der Waals surface area contributed by atoms with Crippen LogP contribution in [-0.2, 0) is 14.3 Å². The standard InChI is InChI=1S/C10H22N2O3/c1-8(2)5-4-6-15-9(7-14-3)10(13)12-11/h8-9H,4-7,11H2,1-3H3,(H,12,13). The molecule has 15 heavy (non-hydrogen) atoms. The van der Waals surface area contributed by atoms with Crippen molar-refractivity contribution in [2.75, 3.05) is 20.3 Å². The van der Waals surface area contributed by atoms with Crippen molar-refractivity contribution < 1.29 is 14.3 Å². The number of carbonyl (C=O) groups is 1. The Hall–Kier alpha value is -0.650. The SMILES string of the molecule is COCC(OCCCC(C)C)C(=O)NN. The van der Waals surface area contributed by atoms with Gasteiger partial charge in [-0.1, -0.05) is 13.8 Å². The van der Waals surface area contributed by atoms with Gasteiger partial charge < -0.3 is 9.47 Å². The predicted molar refractivity (Wildman–Crippen MR) is 58.0 cm³/mol. The molecule has 3 N–H and O–H groups in total. The maximum atomic E-state index is 11.2. The van der Waals surface area contributed by atoms with Gasteiger partial charge in [0.2, 0.25) is 0 Å². The molecule has 0 aliphatic carbocycles. The minimum absolute atomic E-state index is 0.227. The van der Waals surface area contributed by atoms with Gasteiger partial charge in [-0.15, -0.1) is 0 Å². The summed E-state index contributed by atoms with van der Waals surface area (Å²) in [4.78, 5) is 11.2. The molecule has 0 aromatic heterocycles. The Balaban J connectivity index is 3.71. The van der Waals surface area contributed by atoms with Crippen molar-refractivity contribution in [3.63, 3.8) is 0 Å². The number of hydrazine groups is 1. The third-order valence-electron chi connectivity index (χ3n) is 2.00. The van der Waals surface area contributed by atoms with Crippen LogP contribution in [0, 0.1) is 5.92 Å². The quantitative estimate of drug-likeness (QED) is 0.268. The molecule has 5 heteroatoms. The van der Waals surface area contributed by atoms with Crippen LogP contribution < -0.4 is 11.3 Å². The zero-order valence-electron chi connectivity index (χ0n) is 9.79. The number of ether oxygens (including phenoxy) is 2. The lowest BCUT2D eigenvalue weighted by atomic mass is 10.1. The van der Waals surface area contributed by atoms with Gasteiger partial charge in [0.15, 0.2) is 6.10 Å². The Morgan fingerprint density at radius 2 is 2.13 bits per heavy atom. The second kappa shape index (κ2) is 8.64. The van der Waals surface area contributed by atoms with E-state index in [1.807, 2.05) is 0 Å². The van der Waals surface area contributed by atoms with E-state index in [-0.39, 0.29) is 12.5 Å². The molecule has 1 atom stereocenters. The van der Waals surface area contributed by atoms with E-state index in [0.29, 0.717) is 12.5 Å². The number of nitrogens with two attached hydrogens (primary N) is 1. The van der Waals surface area contributed by atoms with Gasteiger partial charge in [-0.2, -0.15) is 0 Å². The molecule has 0 aliphatic heterocycles. The normalized spacial score (nSPS) is 12.9. The maximum absolute atomic E-state index is 11.2. The predicted octanol–water partition coefficient (Wildman–Crippen LogP) is 0.444. The third kappa shape index (κ3) is 7.30. The number of nitrogens with one attached hydrogen (secondary N) is 1. The molecule has 0 fully saturated rings. The Bertz CT molecular complexity index is 174. The highest BCUT2D eigenvalue weighted by atomic mass is 16.5. The first kappa shape index (κ1) is 14.3. The largest absolute Gasteiger partial charge is 0.381 e. The highest BCUT2D eigenvalue weighted by Crippen LogP contribution is 2.04. The molecule has 1 amide bonds. The molecule has 0 saturated heterocycles. The minimum atomic E-state index is -0.604. The highest BCUT2D eigenvalue weighted by molar-refractivity contribution is 5.80. The number of carbonyl (C=O) groups excluding carboxylic acids is 1. The fourth-order valence-corrected chi connectivity index (χ4v) is 1.16. The first-order valence-electron chi connectivity index (χ1n) is 5.22. The Kier molecular flexibility index (Phi) is 8.27. The van der Waals surface area contributed by atoms with Crippen molar-refractivity contribution in [2.24, 2.45) is 11.8 Å². The summed E-state index contributed by atoms with van der Waals surface area (Å²) in [5.74, 6) is 5.33. The Labute approximate surface area is 91.3 Å². The second-order valence-electron chi connectivity index (χ2n) is 3.86. The number of amides is 1. The molecular formula is C10H22N2O3. The number of methoxy groups -OCH3 is 1. The van der Waals surface area contributed by atoms with Gasteiger partial charge in [-0.25, -0.2) is 5.84 Å². The minimum Gasteiger partial charge on any atom is -0.381 e. The summed E-state index contributed by atoms with van der Waals surface area (Å²) >= 11 is 0. The van der Waals surface area contributed by atoms with Gasteiger partial charge in [0.25, 0.3) is 5.91 Å². The topological polar surface area (TPSA) is 73.6 Å². The van der Waals surface area contributed by atoms with Crippen molar-refractivity contribution in [3.05, 3.63) is 0 Å².